The summed E-state index contributed by atoms with van der Waals surface area (Å²) in [6.45, 7) is 5.13. The Morgan fingerprint density at radius 1 is 1.09 bits per heavy atom. The summed E-state index contributed by atoms with van der Waals surface area (Å²) in [4.78, 5) is 29.8. The maximum absolute atomic E-state index is 13.4. The molecule has 0 atom stereocenters. The van der Waals surface area contributed by atoms with Gasteiger partial charge in [0.15, 0.2) is 0 Å². The maximum Gasteiger partial charge on any atom is 0.277 e. The Hall–Kier alpha value is -3.29. The molecular weight excluding hydrogens is 475 g/mol. The fraction of sp³-hybridized carbons (Fsp3) is 0.240. The lowest BCUT2D eigenvalue weighted by Crippen LogP contribution is -2.27. The predicted molar refractivity (Wildman–Crippen MR) is 140 cm³/mol. The summed E-state index contributed by atoms with van der Waals surface area (Å²) in [7, 11) is 0. The van der Waals surface area contributed by atoms with E-state index in [1.54, 1.807) is 36.4 Å². The van der Waals surface area contributed by atoms with E-state index in [1.165, 1.54) is 6.07 Å². The molecule has 9 heteroatoms. The van der Waals surface area contributed by atoms with Crippen LogP contribution in [0, 0.1) is 24.0 Å². The highest BCUT2D eigenvalue weighted by Crippen LogP contribution is 2.29. The minimum atomic E-state index is -0.486. The van der Waals surface area contributed by atoms with Crippen molar-refractivity contribution in [2.45, 2.75) is 13.8 Å². The predicted octanol–water partition coefficient (Wildman–Crippen LogP) is 6.00. The van der Waals surface area contributed by atoms with E-state index < -0.39 is 10.8 Å². The Balaban J connectivity index is 1.95. The zero-order chi connectivity index (χ0) is 24.7. The van der Waals surface area contributed by atoms with Crippen LogP contribution in [0.4, 0.5) is 17.1 Å². The number of halogens is 2. The fourth-order valence-electron chi connectivity index (χ4n) is 3.70. The molecule has 0 spiro atoms. The number of para-hydroxylation sites is 1. The van der Waals surface area contributed by atoms with Crippen LogP contribution in [0.25, 0.3) is 11.6 Å². The Morgan fingerprint density at radius 3 is 2.29 bits per heavy atom. The third kappa shape index (κ3) is 6.18. The molecule has 1 aromatic heterocycles. The number of hydrogen-bond acceptors (Lipinski definition) is 4. The largest absolute Gasteiger partial charge is 0.369 e. The monoisotopic (exact) mass is 500 g/mol. The number of amides is 1. The first kappa shape index (κ1) is 25.3. The Bertz CT molecular complexity index is 1180. The summed E-state index contributed by atoms with van der Waals surface area (Å²) in [5.41, 5.74) is 4.37. The van der Waals surface area contributed by atoms with Crippen molar-refractivity contribution in [1.29, 1.82) is 0 Å². The highest BCUT2D eigenvalue weighted by atomic mass is 35.5. The SMILES string of the molecule is Cc1cc(C)c(/C=C(\C(=O)Nc2ccc(N(CCCl)CCCl)cc2)c2ccccc2[N+](=O)[O-])[nH]1. The number of carbonyl (C=O) groups is 1. The van der Waals surface area contributed by atoms with Gasteiger partial charge in [-0.3, -0.25) is 14.9 Å². The van der Waals surface area contributed by atoms with E-state index in [4.69, 9.17) is 23.2 Å². The normalized spacial score (nSPS) is 11.4. The van der Waals surface area contributed by atoms with Crippen LogP contribution >= 0.6 is 23.2 Å². The molecule has 3 aromatic rings. The summed E-state index contributed by atoms with van der Waals surface area (Å²) in [6.07, 6.45) is 1.65. The Labute approximate surface area is 208 Å². The van der Waals surface area contributed by atoms with Gasteiger partial charge in [0, 0.05) is 53.7 Å². The zero-order valence-electron chi connectivity index (χ0n) is 19.0. The molecule has 0 aliphatic carbocycles. The van der Waals surface area contributed by atoms with Crippen LogP contribution in [0.5, 0.6) is 0 Å². The molecule has 0 bridgehead atoms. The minimum absolute atomic E-state index is 0.141. The van der Waals surface area contributed by atoms with Gasteiger partial charge < -0.3 is 15.2 Å². The second-order valence-electron chi connectivity index (χ2n) is 7.75. The van der Waals surface area contributed by atoms with Crippen molar-refractivity contribution in [3.63, 3.8) is 0 Å². The molecule has 0 aliphatic heterocycles. The van der Waals surface area contributed by atoms with Gasteiger partial charge in [-0.2, -0.15) is 0 Å². The molecule has 1 amide bonds. The van der Waals surface area contributed by atoms with Crippen molar-refractivity contribution in [2.75, 3.05) is 35.1 Å². The van der Waals surface area contributed by atoms with Crippen LogP contribution in [0.2, 0.25) is 0 Å². The van der Waals surface area contributed by atoms with Crippen LogP contribution in [0.15, 0.2) is 54.6 Å². The number of hydrogen-bond donors (Lipinski definition) is 2. The number of nitro groups is 1. The first-order valence-corrected chi connectivity index (χ1v) is 11.8. The van der Waals surface area contributed by atoms with Gasteiger partial charge in [0.2, 0.25) is 0 Å². The Morgan fingerprint density at radius 2 is 1.74 bits per heavy atom. The van der Waals surface area contributed by atoms with Crippen LogP contribution in [-0.2, 0) is 4.79 Å². The van der Waals surface area contributed by atoms with Gasteiger partial charge in [-0.25, -0.2) is 0 Å². The van der Waals surface area contributed by atoms with Gasteiger partial charge in [0.05, 0.1) is 16.1 Å². The molecule has 1 heterocycles. The second kappa shape index (κ2) is 11.7. The lowest BCUT2D eigenvalue weighted by Gasteiger charge is -2.23. The van der Waals surface area contributed by atoms with Crippen molar-refractivity contribution >= 4 is 57.8 Å². The lowest BCUT2D eigenvalue weighted by molar-refractivity contribution is -0.385. The van der Waals surface area contributed by atoms with E-state index >= 15 is 0 Å². The molecule has 0 aliphatic rings. The van der Waals surface area contributed by atoms with Crippen molar-refractivity contribution < 1.29 is 9.72 Å². The third-order valence-electron chi connectivity index (χ3n) is 5.31. The molecule has 2 aromatic carbocycles. The zero-order valence-corrected chi connectivity index (χ0v) is 20.5. The van der Waals surface area contributed by atoms with Crippen LogP contribution < -0.4 is 10.2 Å². The summed E-state index contributed by atoms with van der Waals surface area (Å²) >= 11 is 11.8. The third-order valence-corrected chi connectivity index (χ3v) is 5.65. The number of nitrogens with one attached hydrogen (secondary N) is 2. The molecule has 2 N–H and O–H groups in total. The quantitative estimate of drug-likeness (QED) is 0.154. The number of aryl methyl sites for hydroxylation is 2. The molecular formula is C25H26Cl2N4O3. The van der Waals surface area contributed by atoms with Gasteiger partial charge in [0.1, 0.15) is 0 Å². The number of carbonyl (C=O) groups excluding carboxylic acids is 1. The highest BCUT2D eigenvalue weighted by Gasteiger charge is 2.22. The van der Waals surface area contributed by atoms with Crippen molar-refractivity contribution in [3.8, 4) is 0 Å². The molecule has 7 nitrogen and oxygen atoms in total. The molecule has 0 fully saturated rings. The standard InChI is InChI=1S/C25H26Cl2N4O3/c1-17-15-18(2)28-23(17)16-22(21-5-3-4-6-24(21)31(33)34)25(32)29-19-7-9-20(10-8-19)30(13-11-26)14-12-27/h3-10,15-16,28H,11-14H2,1-2H3,(H,29,32)/b22-16-. The van der Waals surface area contributed by atoms with Crippen molar-refractivity contribution in [3.05, 3.63) is 87.2 Å². The number of H-pyrrole nitrogens is 1. The Kier molecular flexibility index (Phi) is 8.73. The van der Waals surface area contributed by atoms with Gasteiger partial charge in [0.25, 0.3) is 11.6 Å². The second-order valence-corrected chi connectivity index (χ2v) is 8.50. The van der Waals surface area contributed by atoms with E-state index in [0.29, 0.717) is 36.2 Å². The van der Waals surface area contributed by atoms with Crippen LogP contribution in [-0.4, -0.2) is 40.7 Å². The first-order chi connectivity index (χ1) is 16.3. The van der Waals surface area contributed by atoms with E-state index in [2.05, 4.69) is 15.2 Å². The van der Waals surface area contributed by atoms with E-state index in [9.17, 15) is 14.9 Å². The molecule has 0 unspecified atom stereocenters. The maximum atomic E-state index is 13.4. The molecule has 34 heavy (non-hydrogen) atoms. The smallest absolute Gasteiger partial charge is 0.277 e. The topological polar surface area (TPSA) is 91.3 Å². The minimum Gasteiger partial charge on any atom is -0.369 e. The summed E-state index contributed by atoms with van der Waals surface area (Å²) in [5, 5.41) is 14.5. The van der Waals surface area contributed by atoms with Gasteiger partial charge in [-0.1, -0.05) is 12.1 Å². The van der Waals surface area contributed by atoms with Crippen LogP contribution in [0.1, 0.15) is 22.5 Å². The van der Waals surface area contributed by atoms with Gasteiger partial charge in [-0.15, -0.1) is 23.2 Å². The van der Waals surface area contributed by atoms with Crippen molar-refractivity contribution in [1.82, 2.24) is 4.98 Å². The molecule has 178 valence electrons. The number of aromatic amines is 1. The van der Waals surface area contributed by atoms with Crippen molar-refractivity contribution in [2.24, 2.45) is 0 Å². The highest BCUT2D eigenvalue weighted by molar-refractivity contribution is 6.30. The molecule has 0 saturated carbocycles. The lowest BCUT2D eigenvalue weighted by atomic mass is 10.0. The number of benzene rings is 2. The number of alkyl halides is 2. The summed E-state index contributed by atoms with van der Waals surface area (Å²) in [5.74, 6) is 0.487. The van der Waals surface area contributed by atoms with E-state index in [0.717, 1.165) is 16.9 Å². The van der Waals surface area contributed by atoms with Crippen LogP contribution in [0.3, 0.4) is 0 Å². The molecule has 3 rings (SSSR count). The van der Waals surface area contributed by atoms with E-state index in [1.807, 2.05) is 32.0 Å². The van der Waals surface area contributed by atoms with Gasteiger partial charge >= 0.3 is 0 Å². The number of rotatable bonds is 10. The van der Waals surface area contributed by atoms with Gasteiger partial charge in [-0.05, 0) is 61.9 Å². The first-order valence-electron chi connectivity index (χ1n) is 10.7. The average molecular weight is 501 g/mol. The molecule has 0 saturated heterocycles. The number of anilines is 2. The summed E-state index contributed by atoms with van der Waals surface area (Å²) in [6, 6.07) is 15.5. The van der Waals surface area contributed by atoms with E-state index in [-0.39, 0.29) is 16.8 Å². The summed E-state index contributed by atoms with van der Waals surface area (Å²) < 4.78 is 0. The molecule has 0 radical (unpaired) electrons. The number of aromatic nitrogens is 1. The number of nitro benzene ring substituents is 1. The fourth-order valence-corrected chi connectivity index (χ4v) is 4.11. The number of nitrogens with zero attached hydrogens (tertiary/aromatic N) is 2. The average Bonchev–Trinajstić information content (AvgIpc) is 3.14.